The number of urea groups is 1. The van der Waals surface area contributed by atoms with Crippen molar-refractivity contribution in [2.75, 3.05) is 44.7 Å². The molecule has 0 aromatic carbocycles. The van der Waals surface area contributed by atoms with Gasteiger partial charge in [-0.05, 0) is 25.0 Å². The molecule has 3 rings (SSSR count). The van der Waals surface area contributed by atoms with E-state index in [0.717, 1.165) is 45.3 Å². The molecule has 2 aliphatic heterocycles. The van der Waals surface area contributed by atoms with Crippen molar-refractivity contribution in [1.29, 1.82) is 0 Å². The minimum atomic E-state index is -0.414. The lowest BCUT2D eigenvalue weighted by atomic mass is 10.1. The molecule has 3 heterocycles. The van der Waals surface area contributed by atoms with Crippen LogP contribution in [0.3, 0.4) is 0 Å². The summed E-state index contributed by atoms with van der Waals surface area (Å²) < 4.78 is 18.2. The van der Waals surface area contributed by atoms with E-state index in [0.29, 0.717) is 24.9 Å². The topological polar surface area (TPSA) is 57.7 Å². The molecule has 0 unspecified atom stereocenters. The first-order chi connectivity index (χ1) is 10.7. The molecule has 1 aromatic rings. The first-order valence-electron chi connectivity index (χ1n) is 7.71. The summed E-state index contributed by atoms with van der Waals surface area (Å²) >= 11 is 0. The maximum atomic E-state index is 12.8. The van der Waals surface area contributed by atoms with Gasteiger partial charge in [-0.3, -0.25) is 10.2 Å². The highest BCUT2D eigenvalue weighted by Crippen LogP contribution is 2.17. The van der Waals surface area contributed by atoms with E-state index in [9.17, 15) is 9.18 Å². The van der Waals surface area contributed by atoms with Crippen molar-refractivity contribution in [2.45, 2.75) is 18.9 Å². The van der Waals surface area contributed by atoms with Gasteiger partial charge in [0.05, 0.1) is 6.20 Å². The monoisotopic (exact) mass is 308 g/mol. The molecule has 0 atom stereocenters. The zero-order valence-electron chi connectivity index (χ0n) is 12.5. The number of carbonyl (C=O) groups excluding carboxylic acids is 1. The lowest BCUT2D eigenvalue weighted by Gasteiger charge is -2.40. The summed E-state index contributed by atoms with van der Waals surface area (Å²) in [7, 11) is 0. The lowest BCUT2D eigenvalue weighted by Crippen LogP contribution is -2.53. The predicted octanol–water partition coefficient (Wildman–Crippen LogP) is 1.55. The molecule has 2 amide bonds. The van der Waals surface area contributed by atoms with E-state index in [1.807, 2.05) is 0 Å². The number of piperazine rings is 1. The van der Waals surface area contributed by atoms with Crippen LogP contribution in [0.5, 0.6) is 0 Å². The fourth-order valence-electron chi connectivity index (χ4n) is 2.98. The number of nitrogens with zero attached hydrogens (tertiary/aromatic N) is 3. The minimum absolute atomic E-state index is 0.175. The highest BCUT2D eigenvalue weighted by atomic mass is 19.1. The van der Waals surface area contributed by atoms with Crippen LogP contribution < -0.4 is 5.32 Å². The highest BCUT2D eigenvalue weighted by molar-refractivity contribution is 5.88. The Labute approximate surface area is 129 Å². The van der Waals surface area contributed by atoms with Crippen molar-refractivity contribution < 1.29 is 13.9 Å². The van der Waals surface area contributed by atoms with Gasteiger partial charge in [-0.2, -0.15) is 0 Å². The fraction of sp³-hybridized carbons (Fsp3) is 0.600. The third-order valence-corrected chi connectivity index (χ3v) is 4.27. The number of rotatable bonds is 2. The lowest BCUT2D eigenvalue weighted by molar-refractivity contribution is 0.0194. The molecule has 120 valence electrons. The number of anilines is 1. The van der Waals surface area contributed by atoms with Gasteiger partial charge >= 0.3 is 6.03 Å². The van der Waals surface area contributed by atoms with Crippen LogP contribution in [0.2, 0.25) is 0 Å². The molecule has 0 spiro atoms. The average molecular weight is 308 g/mol. The Morgan fingerprint density at radius 3 is 2.59 bits per heavy atom. The molecule has 6 nitrogen and oxygen atoms in total. The van der Waals surface area contributed by atoms with E-state index in [4.69, 9.17) is 4.74 Å². The summed E-state index contributed by atoms with van der Waals surface area (Å²) in [6.45, 7) is 4.84. The highest BCUT2D eigenvalue weighted by Gasteiger charge is 2.27. The van der Waals surface area contributed by atoms with Gasteiger partial charge in [0.2, 0.25) is 0 Å². The molecule has 2 aliphatic rings. The molecular formula is C15H21FN4O2. The molecule has 0 radical (unpaired) electrons. The van der Waals surface area contributed by atoms with Gasteiger partial charge in [-0.15, -0.1) is 0 Å². The third kappa shape index (κ3) is 3.72. The van der Waals surface area contributed by atoms with Crippen molar-refractivity contribution >= 4 is 11.8 Å². The maximum Gasteiger partial charge on any atom is 0.323 e. The molecule has 1 N–H and O–H groups in total. The summed E-state index contributed by atoms with van der Waals surface area (Å²) in [5.41, 5.74) is 0. The van der Waals surface area contributed by atoms with Crippen LogP contribution in [-0.4, -0.2) is 66.2 Å². The Morgan fingerprint density at radius 2 is 1.95 bits per heavy atom. The Kier molecular flexibility index (Phi) is 4.84. The molecule has 0 aliphatic carbocycles. The van der Waals surface area contributed by atoms with Gasteiger partial charge in [0.25, 0.3) is 0 Å². The minimum Gasteiger partial charge on any atom is -0.381 e. The second-order valence-corrected chi connectivity index (χ2v) is 5.66. The van der Waals surface area contributed by atoms with Gasteiger partial charge in [0.1, 0.15) is 11.6 Å². The van der Waals surface area contributed by atoms with Crippen LogP contribution in [0, 0.1) is 5.82 Å². The standard InChI is InChI=1S/C15H21FN4O2/c16-12-1-2-14(17-11-12)18-15(21)20-7-5-19(6-8-20)13-3-9-22-10-4-13/h1-2,11,13H,3-10H2,(H,17,18,21). The fourth-order valence-corrected chi connectivity index (χ4v) is 2.98. The molecule has 2 saturated heterocycles. The summed E-state index contributed by atoms with van der Waals surface area (Å²) in [5, 5.41) is 2.70. The molecule has 2 fully saturated rings. The molecule has 0 saturated carbocycles. The SMILES string of the molecule is O=C(Nc1ccc(F)cn1)N1CCN(C2CCOCC2)CC1. The number of amides is 2. The second-order valence-electron chi connectivity index (χ2n) is 5.66. The van der Waals surface area contributed by atoms with E-state index in [1.54, 1.807) is 4.90 Å². The number of ether oxygens (including phenoxy) is 1. The van der Waals surface area contributed by atoms with Crippen LogP contribution >= 0.6 is 0 Å². The molecule has 1 aromatic heterocycles. The van der Waals surface area contributed by atoms with Gasteiger partial charge in [0.15, 0.2) is 0 Å². The molecule has 0 bridgehead atoms. The summed E-state index contributed by atoms with van der Waals surface area (Å²) in [6.07, 6.45) is 3.25. The third-order valence-electron chi connectivity index (χ3n) is 4.27. The first kappa shape index (κ1) is 15.2. The van der Waals surface area contributed by atoms with E-state index in [-0.39, 0.29) is 6.03 Å². The number of halogens is 1. The summed E-state index contributed by atoms with van der Waals surface area (Å²) in [4.78, 5) is 20.2. The van der Waals surface area contributed by atoms with E-state index < -0.39 is 5.82 Å². The Balaban J connectivity index is 1.48. The first-order valence-corrected chi connectivity index (χ1v) is 7.71. The van der Waals surface area contributed by atoms with Gasteiger partial charge in [0, 0.05) is 45.4 Å². The zero-order valence-corrected chi connectivity index (χ0v) is 12.5. The number of nitrogens with one attached hydrogen (secondary N) is 1. The quantitative estimate of drug-likeness (QED) is 0.900. The van der Waals surface area contributed by atoms with E-state index >= 15 is 0 Å². The Hall–Kier alpha value is -1.73. The van der Waals surface area contributed by atoms with Crippen LogP contribution in [-0.2, 0) is 4.74 Å². The second kappa shape index (κ2) is 7.02. The summed E-state index contributed by atoms with van der Waals surface area (Å²) in [5.74, 6) is -0.0404. The number of aromatic nitrogens is 1. The number of carbonyl (C=O) groups is 1. The smallest absolute Gasteiger partial charge is 0.323 e. The van der Waals surface area contributed by atoms with E-state index in [2.05, 4.69) is 15.2 Å². The predicted molar refractivity (Wildman–Crippen MR) is 80.2 cm³/mol. The maximum absolute atomic E-state index is 12.8. The van der Waals surface area contributed by atoms with Crippen LogP contribution in [0.15, 0.2) is 18.3 Å². The van der Waals surface area contributed by atoms with Gasteiger partial charge < -0.3 is 9.64 Å². The largest absolute Gasteiger partial charge is 0.381 e. The average Bonchev–Trinajstić information content (AvgIpc) is 2.58. The van der Waals surface area contributed by atoms with Crippen molar-refractivity contribution in [1.82, 2.24) is 14.8 Å². The van der Waals surface area contributed by atoms with Crippen LogP contribution in [0.4, 0.5) is 15.0 Å². The number of pyridine rings is 1. The molecule has 7 heteroatoms. The van der Waals surface area contributed by atoms with Crippen LogP contribution in [0.1, 0.15) is 12.8 Å². The van der Waals surface area contributed by atoms with Gasteiger partial charge in [-0.25, -0.2) is 14.2 Å². The van der Waals surface area contributed by atoms with Crippen molar-refractivity contribution in [3.05, 3.63) is 24.1 Å². The zero-order chi connectivity index (χ0) is 15.4. The Morgan fingerprint density at radius 1 is 1.23 bits per heavy atom. The molecular weight excluding hydrogens is 287 g/mol. The number of hydrogen-bond donors (Lipinski definition) is 1. The van der Waals surface area contributed by atoms with Crippen molar-refractivity contribution in [3.8, 4) is 0 Å². The Bertz CT molecular complexity index is 497. The normalized spacial score (nSPS) is 20.9. The number of hydrogen-bond acceptors (Lipinski definition) is 4. The summed E-state index contributed by atoms with van der Waals surface area (Å²) in [6, 6.07) is 3.15. The molecule has 22 heavy (non-hydrogen) atoms. The van der Waals surface area contributed by atoms with Crippen LogP contribution in [0.25, 0.3) is 0 Å². The van der Waals surface area contributed by atoms with Crippen molar-refractivity contribution in [3.63, 3.8) is 0 Å². The van der Waals surface area contributed by atoms with Crippen molar-refractivity contribution in [2.24, 2.45) is 0 Å². The van der Waals surface area contributed by atoms with E-state index in [1.165, 1.54) is 12.1 Å². The van der Waals surface area contributed by atoms with Gasteiger partial charge in [-0.1, -0.05) is 0 Å².